The molecule has 22 heavy (non-hydrogen) atoms. The number of aliphatic hydroxyl groups excluding tert-OH is 1. The summed E-state index contributed by atoms with van der Waals surface area (Å²) < 4.78 is 1.92. The zero-order valence-electron chi connectivity index (χ0n) is 12.5. The topological polar surface area (TPSA) is 75.9 Å². The van der Waals surface area contributed by atoms with Crippen LogP contribution >= 0.6 is 0 Å². The highest BCUT2D eigenvalue weighted by Gasteiger charge is 2.11. The number of nitrogens with zero attached hydrogens (tertiary/aromatic N) is 4. The summed E-state index contributed by atoms with van der Waals surface area (Å²) in [7, 11) is 1.93. The van der Waals surface area contributed by atoms with E-state index in [1.54, 1.807) is 6.33 Å². The summed E-state index contributed by atoms with van der Waals surface area (Å²) in [6.07, 6.45) is 3.03. The van der Waals surface area contributed by atoms with Crippen LogP contribution in [0.25, 0.3) is 11.2 Å². The van der Waals surface area contributed by atoms with Crippen molar-refractivity contribution in [3.05, 3.63) is 48.0 Å². The summed E-state index contributed by atoms with van der Waals surface area (Å²) in [4.78, 5) is 13.4. The molecule has 2 N–H and O–H groups in total. The molecule has 0 fully saturated rings. The normalized spacial score (nSPS) is 11.0. The minimum atomic E-state index is 0.135. The number of hydrogen-bond donors (Lipinski definition) is 2. The van der Waals surface area contributed by atoms with Crippen LogP contribution in [0.2, 0.25) is 0 Å². The van der Waals surface area contributed by atoms with Crippen molar-refractivity contribution in [1.82, 2.24) is 19.5 Å². The molecule has 0 spiro atoms. The molecule has 3 rings (SSSR count). The number of aryl methyl sites for hydroxylation is 2. The molecule has 2 heterocycles. The van der Waals surface area contributed by atoms with Crippen LogP contribution in [-0.2, 0) is 20.0 Å². The number of anilines is 1. The number of rotatable bonds is 6. The van der Waals surface area contributed by atoms with Crippen LogP contribution in [0, 0.1) is 0 Å². The Morgan fingerprint density at radius 2 is 2.00 bits per heavy atom. The zero-order valence-corrected chi connectivity index (χ0v) is 12.5. The minimum Gasteiger partial charge on any atom is -0.396 e. The molecule has 1 aromatic carbocycles. The molecule has 0 atom stereocenters. The lowest BCUT2D eigenvalue weighted by molar-refractivity contribution is 0.287. The Kier molecular flexibility index (Phi) is 4.29. The van der Waals surface area contributed by atoms with Gasteiger partial charge in [0, 0.05) is 26.6 Å². The highest BCUT2D eigenvalue weighted by molar-refractivity contribution is 5.83. The van der Waals surface area contributed by atoms with E-state index < -0.39 is 0 Å². The van der Waals surface area contributed by atoms with Gasteiger partial charge in [-0.3, -0.25) is 0 Å². The first kappa shape index (κ1) is 14.5. The van der Waals surface area contributed by atoms with Crippen LogP contribution in [0.3, 0.4) is 0 Å². The molecule has 0 aliphatic heterocycles. The molecule has 2 aromatic heterocycles. The van der Waals surface area contributed by atoms with Crippen LogP contribution in [0.4, 0.5) is 5.82 Å². The van der Waals surface area contributed by atoms with Crippen LogP contribution < -0.4 is 5.32 Å². The van der Waals surface area contributed by atoms with E-state index >= 15 is 0 Å². The predicted octanol–water partition coefficient (Wildman–Crippen LogP) is 1.90. The largest absolute Gasteiger partial charge is 0.396 e. The fourth-order valence-corrected chi connectivity index (χ4v) is 2.36. The van der Waals surface area contributed by atoms with Gasteiger partial charge < -0.3 is 15.0 Å². The highest BCUT2D eigenvalue weighted by atomic mass is 16.2. The molecule has 3 aromatic rings. The fraction of sp³-hybridized carbons (Fsp3) is 0.312. The number of nitrogens with one attached hydrogen (secondary N) is 1. The second-order valence-corrected chi connectivity index (χ2v) is 5.18. The third-order valence-corrected chi connectivity index (χ3v) is 3.48. The smallest absolute Gasteiger partial charge is 0.183 e. The average Bonchev–Trinajstić information content (AvgIpc) is 2.93. The Balaban J connectivity index is 1.90. The van der Waals surface area contributed by atoms with E-state index in [4.69, 9.17) is 5.11 Å². The van der Waals surface area contributed by atoms with Crippen LogP contribution in [-0.4, -0.2) is 31.2 Å². The van der Waals surface area contributed by atoms with Gasteiger partial charge in [0.2, 0.25) is 0 Å². The lowest BCUT2D eigenvalue weighted by atomic mass is 10.2. The first-order valence-electron chi connectivity index (χ1n) is 7.34. The summed E-state index contributed by atoms with van der Waals surface area (Å²) in [5.74, 6) is 1.48. The third kappa shape index (κ3) is 3.07. The molecule has 0 saturated carbocycles. The zero-order chi connectivity index (χ0) is 15.4. The van der Waals surface area contributed by atoms with Crippen molar-refractivity contribution in [1.29, 1.82) is 0 Å². The molecular formula is C16H19N5O. The Labute approximate surface area is 128 Å². The first-order valence-corrected chi connectivity index (χ1v) is 7.34. The average molecular weight is 297 g/mol. The molecule has 0 amide bonds. The Hall–Kier alpha value is -2.47. The van der Waals surface area contributed by atoms with Crippen molar-refractivity contribution >= 4 is 17.0 Å². The molecule has 6 heteroatoms. The number of imidazole rings is 1. The van der Waals surface area contributed by atoms with E-state index in [1.165, 1.54) is 5.56 Å². The molecule has 0 aliphatic carbocycles. The molecule has 0 unspecified atom stereocenters. The van der Waals surface area contributed by atoms with Gasteiger partial charge in [0.15, 0.2) is 11.5 Å². The lowest BCUT2D eigenvalue weighted by Gasteiger charge is -2.09. The van der Waals surface area contributed by atoms with E-state index in [9.17, 15) is 0 Å². The molecular weight excluding hydrogens is 278 g/mol. The standard InChI is InChI=1S/C16H19N5O/c1-21-11-18-16-14(21)15(19-13(20-16)8-5-9-22)17-10-12-6-3-2-4-7-12/h2-4,6-7,11,22H,5,8-10H2,1H3,(H,17,19,20). The van der Waals surface area contributed by atoms with Crippen molar-refractivity contribution in [2.24, 2.45) is 7.05 Å². The van der Waals surface area contributed by atoms with E-state index in [2.05, 4.69) is 32.4 Å². The van der Waals surface area contributed by atoms with Gasteiger partial charge in [0.1, 0.15) is 11.3 Å². The second kappa shape index (κ2) is 6.53. The number of benzene rings is 1. The lowest BCUT2D eigenvalue weighted by Crippen LogP contribution is -2.07. The quantitative estimate of drug-likeness (QED) is 0.727. The predicted molar refractivity (Wildman–Crippen MR) is 85.5 cm³/mol. The van der Waals surface area contributed by atoms with Crippen LogP contribution in [0.1, 0.15) is 17.8 Å². The van der Waals surface area contributed by atoms with Gasteiger partial charge in [-0.25, -0.2) is 15.0 Å². The summed E-state index contributed by atoms with van der Waals surface area (Å²) in [6.45, 7) is 0.827. The minimum absolute atomic E-state index is 0.135. The van der Waals surface area contributed by atoms with Gasteiger partial charge in [-0.05, 0) is 12.0 Å². The maximum absolute atomic E-state index is 8.98. The Morgan fingerprint density at radius 1 is 1.18 bits per heavy atom. The third-order valence-electron chi connectivity index (χ3n) is 3.48. The second-order valence-electron chi connectivity index (χ2n) is 5.18. The maximum Gasteiger partial charge on any atom is 0.183 e. The summed E-state index contributed by atoms with van der Waals surface area (Å²) in [6, 6.07) is 10.2. The maximum atomic E-state index is 8.98. The van der Waals surface area contributed by atoms with Gasteiger partial charge in [-0.15, -0.1) is 0 Å². The van der Waals surface area contributed by atoms with Crippen molar-refractivity contribution < 1.29 is 5.11 Å². The summed E-state index contributed by atoms with van der Waals surface area (Å²) in [5.41, 5.74) is 2.76. The van der Waals surface area contributed by atoms with Crippen LogP contribution in [0.5, 0.6) is 0 Å². The first-order chi connectivity index (χ1) is 10.8. The molecule has 0 aliphatic rings. The van der Waals surface area contributed by atoms with Gasteiger partial charge in [0.25, 0.3) is 0 Å². The van der Waals surface area contributed by atoms with Gasteiger partial charge in [0.05, 0.1) is 6.33 Å². The Morgan fingerprint density at radius 3 is 2.77 bits per heavy atom. The monoisotopic (exact) mass is 297 g/mol. The SMILES string of the molecule is Cn1cnc2nc(CCCO)nc(NCc3ccccc3)c21. The molecule has 114 valence electrons. The van der Waals surface area contributed by atoms with Crippen molar-refractivity contribution in [3.63, 3.8) is 0 Å². The van der Waals surface area contributed by atoms with Gasteiger partial charge in [-0.2, -0.15) is 0 Å². The van der Waals surface area contributed by atoms with E-state index in [1.807, 2.05) is 29.8 Å². The van der Waals surface area contributed by atoms with E-state index in [-0.39, 0.29) is 6.61 Å². The fourth-order valence-electron chi connectivity index (χ4n) is 2.36. The van der Waals surface area contributed by atoms with E-state index in [0.29, 0.717) is 30.9 Å². The van der Waals surface area contributed by atoms with Crippen molar-refractivity contribution in [3.8, 4) is 0 Å². The van der Waals surface area contributed by atoms with Crippen molar-refractivity contribution in [2.75, 3.05) is 11.9 Å². The molecule has 0 radical (unpaired) electrons. The van der Waals surface area contributed by atoms with Gasteiger partial charge in [-0.1, -0.05) is 30.3 Å². The van der Waals surface area contributed by atoms with E-state index in [0.717, 1.165) is 11.3 Å². The number of aromatic nitrogens is 4. The number of hydrogen-bond acceptors (Lipinski definition) is 5. The summed E-state index contributed by atoms with van der Waals surface area (Å²) in [5, 5.41) is 12.3. The Bertz CT molecular complexity index is 754. The number of fused-ring (bicyclic) bond motifs is 1. The molecule has 6 nitrogen and oxygen atoms in total. The van der Waals surface area contributed by atoms with Gasteiger partial charge >= 0.3 is 0 Å². The molecule has 0 saturated heterocycles. The molecule has 0 bridgehead atoms. The summed E-state index contributed by atoms with van der Waals surface area (Å²) >= 11 is 0. The number of aliphatic hydroxyl groups is 1. The highest BCUT2D eigenvalue weighted by Crippen LogP contribution is 2.20. The van der Waals surface area contributed by atoms with Crippen molar-refractivity contribution in [2.45, 2.75) is 19.4 Å². The van der Waals surface area contributed by atoms with Crippen LogP contribution in [0.15, 0.2) is 36.7 Å².